The van der Waals surface area contributed by atoms with Crippen molar-refractivity contribution >= 4 is 17.5 Å². The fourth-order valence-corrected chi connectivity index (χ4v) is 0.710. The summed E-state index contributed by atoms with van der Waals surface area (Å²) in [6, 6.07) is 0. The minimum atomic E-state index is -0.868. The summed E-state index contributed by atoms with van der Waals surface area (Å²) >= 11 is 0. The summed E-state index contributed by atoms with van der Waals surface area (Å²) in [4.78, 5) is 31.9. The van der Waals surface area contributed by atoms with Gasteiger partial charge in [0, 0.05) is 0 Å². The topological polar surface area (TPSA) is 77.2 Å². The zero-order valence-corrected chi connectivity index (χ0v) is 5.53. The average molecular weight is 151 g/mol. The maximum Gasteiger partial charge on any atom is 0.252 e. The molecule has 11 heavy (non-hydrogen) atoms. The summed E-state index contributed by atoms with van der Waals surface area (Å²) in [5.74, 6) is -2.41. The predicted octanol–water partition coefficient (Wildman–Crippen LogP) is -0.894. The number of Topliss-reactive ketones (excluding diaryl/α,β-unsaturated/α-hetero) is 1. The molecular formula is C7H5NO3. The van der Waals surface area contributed by atoms with Gasteiger partial charge in [-0.05, 0) is 12.2 Å². The SMILES string of the molecule is NC(=O)C1=CC=CC(=O)C1=O. The average Bonchev–Trinajstić information content (AvgIpc) is 1.94. The van der Waals surface area contributed by atoms with E-state index in [1.54, 1.807) is 0 Å². The van der Waals surface area contributed by atoms with Gasteiger partial charge in [0.25, 0.3) is 5.91 Å². The summed E-state index contributed by atoms with van der Waals surface area (Å²) in [5, 5.41) is 0. The second-order valence-electron chi connectivity index (χ2n) is 2.00. The number of ketones is 2. The standard InChI is InChI=1S/C7H5NO3/c8-7(11)4-2-1-3-5(9)6(4)10/h1-3H,(H2,8,11). The predicted molar refractivity (Wildman–Crippen MR) is 36.4 cm³/mol. The molecule has 0 heterocycles. The Hall–Kier alpha value is -1.71. The molecule has 1 amide bonds. The van der Waals surface area contributed by atoms with Crippen LogP contribution in [0.5, 0.6) is 0 Å². The maximum atomic E-state index is 10.8. The second kappa shape index (κ2) is 2.49. The molecule has 0 saturated heterocycles. The molecule has 2 N–H and O–H groups in total. The van der Waals surface area contributed by atoms with Crippen LogP contribution in [-0.4, -0.2) is 17.5 Å². The summed E-state index contributed by atoms with van der Waals surface area (Å²) in [6.07, 6.45) is 3.64. The maximum absolute atomic E-state index is 10.8. The largest absolute Gasteiger partial charge is 0.365 e. The first-order valence-corrected chi connectivity index (χ1v) is 2.90. The van der Waals surface area contributed by atoms with Crippen molar-refractivity contribution in [3.63, 3.8) is 0 Å². The molecule has 0 radical (unpaired) electrons. The third kappa shape index (κ3) is 1.24. The number of carbonyl (C=O) groups is 3. The minimum Gasteiger partial charge on any atom is -0.365 e. The van der Waals surface area contributed by atoms with E-state index in [9.17, 15) is 14.4 Å². The van der Waals surface area contributed by atoms with Gasteiger partial charge in [-0.2, -0.15) is 0 Å². The molecule has 0 atom stereocenters. The molecule has 0 spiro atoms. The van der Waals surface area contributed by atoms with Crippen molar-refractivity contribution in [2.75, 3.05) is 0 Å². The molecule has 0 unspecified atom stereocenters. The summed E-state index contributed by atoms with van der Waals surface area (Å²) < 4.78 is 0. The van der Waals surface area contributed by atoms with Crippen LogP contribution in [0.2, 0.25) is 0 Å². The van der Waals surface area contributed by atoms with Crippen LogP contribution in [0.15, 0.2) is 23.8 Å². The Kier molecular flexibility index (Phi) is 1.68. The van der Waals surface area contributed by atoms with Crippen LogP contribution in [0.4, 0.5) is 0 Å². The molecule has 1 aliphatic carbocycles. The van der Waals surface area contributed by atoms with Crippen molar-refractivity contribution in [3.05, 3.63) is 23.8 Å². The first-order valence-electron chi connectivity index (χ1n) is 2.90. The Balaban J connectivity index is 3.06. The van der Waals surface area contributed by atoms with Crippen LogP contribution in [-0.2, 0) is 14.4 Å². The second-order valence-corrected chi connectivity index (χ2v) is 2.00. The fourth-order valence-electron chi connectivity index (χ4n) is 0.710. The molecule has 0 aromatic heterocycles. The van der Waals surface area contributed by atoms with E-state index >= 15 is 0 Å². The molecule has 4 heteroatoms. The van der Waals surface area contributed by atoms with Crippen molar-refractivity contribution in [1.29, 1.82) is 0 Å². The van der Waals surface area contributed by atoms with Crippen LogP contribution in [0, 0.1) is 0 Å². The Morgan fingerprint density at radius 1 is 1.36 bits per heavy atom. The lowest BCUT2D eigenvalue weighted by Crippen LogP contribution is -2.26. The lowest BCUT2D eigenvalue weighted by molar-refractivity contribution is -0.133. The molecule has 4 nitrogen and oxygen atoms in total. The van der Waals surface area contributed by atoms with Crippen LogP contribution in [0.1, 0.15) is 0 Å². The van der Waals surface area contributed by atoms with Gasteiger partial charge >= 0.3 is 0 Å². The van der Waals surface area contributed by atoms with Crippen LogP contribution < -0.4 is 5.73 Å². The minimum absolute atomic E-state index is 0.252. The number of hydrogen-bond acceptors (Lipinski definition) is 3. The molecule has 0 bridgehead atoms. The highest BCUT2D eigenvalue weighted by Crippen LogP contribution is 2.03. The normalized spacial score (nSPS) is 16.5. The Morgan fingerprint density at radius 2 is 2.00 bits per heavy atom. The molecule has 1 rings (SSSR count). The highest BCUT2D eigenvalue weighted by atomic mass is 16.2. The molecule has 0 aliphatic heterocycles. The lowest BCUT2D eigenvalue weighted by atomic mass is 10.0. The number of rotatable bonds is 1. The van der Waals surface area contributed by atoms with Crippen LogP contribution in [0.25, 0.3) is 0 Å². The van der Waals surface area contributed by atoms with Crippen LogP contribution in [0.3, 0.4) is 0 Å². The highest BCUT2D eigenvalue weighted by Gasteiger charge is 2.22. The van der Waals surface area contributed by atoms with E-state index in [0.29, 0.717) is 0 Å². The highest BCUT2D eigenvalue weighted by molar-refractivity contribution is 6.53. The van der Waals surface area contributed by atoms with E-state index in [2.05, 4.69) is 0 Å². The molecule has 1 aliphatic rings. The van der Waals surface area contributed by atoms with Crippen molar-refractivity contribution in [3.8, 4) is 0 Å². The van der Waals surface area contributed by atoms with Gasteiger partial charge in [0.05, 0.1) is 5.57 Å². The number of allylic oxidation sites excluding steroid dienone is 3. The monoisotopic (exact) mass is 151 g/mol. The molecule has 0 aromatic carbocycles. The Labute approximate surface area is 62.4 Å². The van der Waals surface area contributed by atoms with Gasteiger partial charge in [-0.3, -0.25) is 14.4 Å². The van der Waals surface area contributed by atoms with E-state index in [4.69, 9.17) is 5.73 Å². The van der Waals surface area contributed by atoms with E-state index in [0.717, 1.165) is 6.08 Å². The van der Waals surface area contributed by atoms with Crippen molar-refractivity contribution < 1.29 is 14.4 Å². The number of primary amides is 1. The molecule has 56 valence electrons. The van der Waals surface area contributed by atoms with E-state index in [1.807, 2.05) is 0 Å². The molecule has 0 aromatic rings. The van der Waals surface area contributed by atoms with Crippen LogP contribution >= 0.6 is 0 Å². The number of hydrogen-bond donors (Lipinski definition) is 1. The van der Waals surface area contributed by atoms with Gasteiger partial charge in [-0.15, -0.1) is 0 Å². The van der Waals surface area contributed by atoms with E-state index < -0.39 is 17.5 Å². The first kappa shape index (κ1) is 7.40. The fraction of sp³-hybridized carbons (Fsp3) is 0. The van der Waals surface area contributed by atoms with Gasteiger partial charge in [-0.25, -0.2) is 0 Å². The summed E-state index contributed by atoms with van der Waals surface area (Å²) in [5.41, 5.74) is 4.55. The molecule has 0 saturated carbocycles. The molecular weight excluding hydrogens is 146 g/mol. The van der Waals surface area contributed by atoms with Gasteiger partial charge in [0.2, 0.25) is 11.6 Å². The molecule has 0 fully saturated rings. The van der Waals surface area contributed by atoms with Gasteiger partial charge in [0.1, 0.15) is 0 Å². The number of amides is 1. The van der Waals surface area contributed by atoms with Gasteiger partial charge in [-0.1, -0.05) is 6.08 Å². The quantitative estimate of drug-likeness (QED) is 0.300. The van der Waals surface area contributed by atoms with Crippen molar-refractivity contribution in [1.82, 2.24) is 0 Å². The van der Waals surface area contributed by atoms with E-state index in [-0.39, 0.29) is 5.57 Å². The van der Waals surface area contributed by atoms with Gasteiger partial charge < -0.3 is 5.73 Å². The summed E-state index contributed by atoms with van der Waals surface area (Å²) in [6.45, 7) is 0. The Bertz CT molecular complexity index is 299. The van der Waals surface area contributed by atoms with E-state index in [1.165, 1.54) is 12.2 Å². The van der Waals surface area contributed by atoms with Crippen molar-refractivity contribution in [2.45, 2.75) is 0 Å². The first-order chi connectivity index (χ1) is 5.13. The number of nitrogens with two attached hydrogens (primary N) is 1. The Morgan fingerprint density at radius 3 is 2.45 bits per heavy atom. The zero-order valence-electron chi connectivity index (χ0n) is 5.53. The third-order valence-electron chi connectivity index (χ3n) is 1.24. The van der Waals surface area contributed by atoms with Crippen molar-refractivity contribution in [2.24, 2.45) is 5.73 Å². The lowest BCUT2D eigenvalue weighted by Gasteiger charge is -2.00. The summed E-state index contributed by atoms with van der Waals surface area (Å²) in [7, 11) is 0. The zero-order chi connectivity index (χ0) is 8.43. The van der Waals surface area contributed by atoms with Gasteiger partial charge in [0.15, 0.2) is 0 Å². The smallest absolute Gasteiger partial charge is 0.252 e. The third-order valence-corrected chi connectivity index (χ3v) is 1.24. The number of carbonyl (C=O) groups excluding carboxylic acids is 3.